The maximum Gasteiger partial charge on any atom is 0.164 e. The summed E-state index contributed by atoms with van der Waals surface area (Å²) in [6.45, 7) is 0. The zero-order valence-corrected chi connectivity index (χ0v) is 26.6. The SMILES string of the molecule is [2H]c1ccc2oc3cccc(-c4nc(-c5ccc6cc(-c7cc8c([2H])c([2H])c([2H])c([2H])c8c([2H])c7[2H])ccc6c5)nc(-c5ccccc5-c5c([2H])c([2H])c([2H])c([2H])c5[2H])n4)c3c2c1. The fourth-order valence-electron chi connectivity index (χ4n) is 6.47. The number of aromatic nitrogens is 3. The molecule has 0 aliphatic rings. The minimum Gasteiger partial charge on any atom is -0.456 e. The molecule has 0 aliphatic carbocycles. The quantitative estimate of drug-likeness (QED) is 0.184. The van der Waals surface area contributed by atoms with Gasteiger partial charge in [0.1, 0.15) is 11.2 Å². The summed E-state index contributed by atoms with van der Waals surface area (Å²) in [4.78, 5) is 15.0. The standard InChI is InChI=1S/C47H29N3O/c1-2-12-31(13-3-1)38-15-6-7-16-39(38)46-48-45(49-47(50-46)41-18-10-20-43-44(41)40-17-8-9-19-42(40)51-43)37-26-25-35-28-34(23-24-36(35)29-37)33-22-21-30-11-4-5-14-32(30)27-33/h1-29H/i1D,2D,3D,4D,5D,8D,11D,12D,13D,14D,21D,22D. The summed E-state index contributed by atoms with van der Waals surface area (Å²) < 4.78 is 108. The number of benzene rings is 8. The second-order valence-corrected chi connectivity index (χ2v) is 11.9. The molecule has 0 saturated heterocycles. The van der Waals surface area contributed by atoms with Crippen molar-refractivity contribution in [1.82, 2.24) is 15.0 Å². The molecule has 0 radical (unpaired) electrons. The van der Waals surface area contributed by atoms with Gasteiger partial charge in [-0.3, -0.25) is 0 Å². The highest BCUT2D eigenvalue weighted by atomic mass is 16.3. The number of hydrogen-bond acceptors (Lipinski definition) is 4. The molecule has 0 N–H and O–H groups in total. The first-order valence-corrected chi connectivity index (χ1v) is 16.1. The lowest BCUT2D eigenvalue weighted by Gasteiger charge is -2.13. The third-order valence-electron chi connectivity index (χ3n) is 8.89. The molecule has 8 aromatic carbocycles. The zero-order valence-electron chi connectivity index (χ0n) is 38.6. The first kappa shape index (κ1) is 19.3. The summed E-state index contributed by atoms with van der Waals surface area (Å²) in [6.07, 6.45) is 0. The van der Waals surface area contributed by atoms with E-state index in [-0.39, 0.29) is 76.1 Å². The van der Waals surface area contributed by atoms with E-state index < -0.39 is 30.2 Å². The van der Waals surface area contributed by atoms with Crippen LogP contribution in [0.15, 0.2) is 180 Å². The molecule has 0 amide bonds. The Kier molecular flexibility index (Phi) is 4.51. The van der Waals surface area contributed by atoms with E-state index in [0.29, 0.717) is 55.3 Å². The van der Waals surface area contributed by atoms with Crippen molar-refractivity contribution in [3.63, 3.8) is 0 Å². The van der Waals surface area contributed by atoms with Crippen molar-refractivity contribution in [2.75, 3.05) is 0 Å². The third kappa shape index (κ3) is 5.13. The molecule has 0 aliphatic heterocycles. The molecule has 0 bridgehead atoms. The van der Waals surface area contributed by atoms with Gasteiger partial charge in [-0.15, -0.1) is 0 Å². The molecule has 0 fully saturated rings. The number of rotatable bonds is 5. The molecule has 4 nitrogen and oxygen atoms in total. The highest BCUT2D eigenvalue weighted by Crippen LogP contribution is 2.38. The molecule has 4 heteroatoms. The van der Waals surface area contributed by atoms with E-state index in [2.05, 4.69) is 0 Å². The van der Waals surface area contributed by atoms with E-state index in [1.165, 1.54) is 6.07 Å². The average molecular weight is 664 g/mol. The van der Waals surface area contributed by atoms with Gasteiger partial charge in [-0.1, -0.05) is 145 Å². The van der Waals surface area contributed by atoms with Gasteiger partial charge in [0.25, 0.3) is 0 Å². The number of para-hydroxylation sites is 1. The lowest BCUT2D eigenvalue weighted by atomic mass is 9.97. The summed E-state index contributed by atoms with van der Waals surface area (Å²) in [5.74, 6) is 0.689. The van der Waals surface area contributed by atoms with Crippen LogP contribution >= 0.6 is 0 Å². The van der Waals surface area contributed by atoms with Crippen LogP contribution in [0, 0.1) is 0 Å². The van der Waals surface area contributed by atoms with Crippen LogP contribution in [0.4, 0.5) is 0 Å². The molecular weight excluding hydrogens is 623 g/mol. The van der Waals surface area contributed by atoms with Gasteiger partial charge in [0.15, 0.2) is 17.5 Å². The van der Waals surface area contributed by atoms with Crippen molar-refractivity contribution in [1.29, 1.82) is 0 Å². The number of fused-ring (bicyclic) bond motifs is 5. The van der Waals surface area contributed by atoms with Crippen molar-refractivity contribution in [2.24, 2.45) is 0 Å². The van der Waals surface area contributed by atoms with Crippen LogP contribution in [0.1, 0.15) is 16.4 Å². The van der Waals surface area contributed by atoms with Crippen LogP contribution in [0.2, 0.25) is 0 Å². The number of furan rings is 1. The molecule has 10 aromatic rings. The monoisotopic (exact) mass is 663 g/mol. The minimum absolute atomic E-state index is 0.00678. The Bertz CT molecular complexity index is 3600. The van der Waals surface area contributed by atoms with Gasteiger partial charge >= 0.3 is 0 Å². The molecule has 2 aromatic heterocycles. The Morgan fingerprint density at radius 1 is 0.392 bits per heavy atom. The van der Waals surface area contributed by atoms with Gasteiger partial charge in [0.05, 0.1) is 16.4 Å². The van der Waals surface area contributed by atoms with Crippen LogP contribution in [-0.4, -0.2) is 15.0 Å². The van der Waals surface area contributed by atoms with Crippen LogP contribution in [0.25, 0.3) is 99.9 Å². The lowest BCUT2D eigenvalue weighted by molar-refractivity contribution is 0.669. The first-order chi connectivity index (χ1) is 30.2. The lowest BCUT2D eigenvalue weighted by Crippen LogP contribution is -2.01. The van der Waals surface area contributed by atoms with Crippen molar-refractivity contribution in [3.8, 4) is 56.4 Å². The van der Waals surface area contributed by atoms with Gasteiger partial charge in [0, 0.05) is 27.5 Å². The van der Waals surface area contributed by atoms with Gasteiger partial charge in [-0.05, 0) is 74.1 Å². The van der Waals surface area contributed by atoms with E-state index in [4.69, 9.17) is 35.8 Å². The largest absolute Gasteiger partial charge is 0.456 e. The third-order valence-corrected chi connectivity index (χ3v) is 8.89. The van der Waals surface area contributed by atoms with E-state index in [0.717, 1.165) is 10.8 Å². The minimum atomic E-state index is -0.509. The Balaban J connectivity index is 1.17. The van der Waals surface area contributed by atoms with E-state index in [9.17, 15) is 0 Å². The summed E-state index contributed by atoms with van der Waals surface area (Å²) in [5, 5.41) is 3.05. The van der Waals surface area contributed by atoms with Crippen molar-refractivity contribution < 1.29 is 20.9 Å². The molecular formula is C47H29N3O. The second kappa shape index (κ2) is 11.9. The fourth-order valence-corrected chi connectivity index (χ4v) is 6.47. The van der Waals surface area contributed by atoms with Crippen molar-refractivity contribution in [3.05, 3.63) is 176 Å². The number of hydrogen-bond donors (Lipinski definition) is 0. The Hall–Kier alpha value is -6.91. The van der Waals surface area contributed by atoms with Gasteiger partial charge < -0.3 is 4.42 Å². The fraction of sp³-hybridized carbons (Fsp3) is 0. The molecule has 0 unspecified atom stereocenters. The van der Waals surface area contributed by atoms with Crippen LogP contribution in [-0.2, 0) is 0 Å². The Morgan fingerprint density at radius 3 is 1.92 bits per heavy atom. The number of nitrogens with zero attached hydrogens (tertiary/aromatic N) is 3. The molecule has 238 valence electrons. The molecule has 0 spiro atoms. The topological polar surface area (TPSA) is 51.8 Å². The van der Waals surface area contributed by atoms with Gasteiger partial charge in [0.2, 0.25) is 0 Å². The molecule has 0 saturated carbocycles. The predicted octanol–water partition coefficient (Wildman–Crippen LogP) is 12.4. The first-order valence-electron chi connectivity index (χ1n) is 22.1. The van der Waals surface area contributed by atoms with Gasteiger partial charge in [-0.25, -0.2) is 15.0 Å². The van der Waals surface area contributed by atoms with Crippen molar-refractivity contribution in [2.45, 2.75) is 0 Å². The molecule has 2 heterocycles. The molecule has 0 atom stereocenters. The smallest absolute Gasteiger partial charge is 0.164 e. The Morgan fingerprint density at radius 2 is 1.06 bits per heavy atom. The normalized spacial score (nSPS) is 14.8. The average Bonchev–Trinajstić information content (AvgIpc) is 3.67. The summed E-state index contributed by atoms with van der Waals surface area (Å²) in [7, 11) is 0. The maximum absolute atomic E-state index is 8.84. The van der Waals surface area contributed by atoms with E-state index >= 15 is 0 Å². The summed E-state index contributed by atoms with van der Waals surface area (Å²) in [6, 6.07) is 26.1. The van der Waals surface area contributed by atoms with Crippen LogP contribution < -0.4 is 0 Å². The predicted molar refractivity (Wildman–Crippen MR) is 209 cm³/mol. The zero-order chi connectivity index (χ0) is 44.2. The maximum atomic E-state index is 8.84. The van der Waals surface area contributed by atoms with E-state index in [1.807, 2.05) is 48.5 Å². The second-order valence-electron chi connectivity index (χ2n) is 11.9. The Labute approximate surface area is 311 Å². The summed E-state index contributed by atoms with van der Waals surface area (Å²) in [5.41, 5.74) is 3.94. The van der Waals surface area contributed by atoms with E-state index in [1.54, 1.807) is 48.5 Å². The van der Waals surface area contributed by atoms with Crippen LogP contribution in [0.3, 0.4) is 0 Å². The molecule has 10 rings (SSSR count). The highest BCUT2D eigenvalue weighted by molar-refractivity contribution is 6.11. The highest BCUT2D eigenvalue weighted by Gasteiger charge is 2.19. The molecule has 51 heavy (non-hydrogen) atoms. The van der Waals surface area contributed by atoms with Crippen molar-refractivity contribution >= 4 is 43.5 Å². The van der Waals surface area contributed by atoms with Crippen LogP contribution in [0.5, 0.6) is 0 Å². The van der Waals surface area contributed by atoms with Gasteiger partial charge in [-0.2, -0.15) is 0 Å². The summed E-state index contributed by atoms with van der Waals surface area (Å²) >= 11 is 0.